The van der Waals surface area contributed by atoms with Crippen molar-refractivity contribution in [3.63, 3.8) is 0 Å². The largest absolute Gasteiger partial charge is 0.381 e. The molecule has 1 amide bonds. The molecule has 0 aromatic heterocycles. The van der Waals surface area contributed by atoms with Crippen LogP contribution in [0.2, 0.25) is 0 Å². The summed E-state index contributed by atoms with van der Waals surface area (Å²) in [6.45, 7) is 6.25. The minimum atomic E-state index is -0.683. The fraction of sp³-hybridized carbons (Fsp3) is 0.923. The molecule has 2 aliphatic rings. The Morgan fingerprint density at radius 2 is 2.00 bits per heavy atom. The monoisotopic (exact) mass is 240 g/mol. The van der Waals surface area contributed by atoms with Crippen LogP contribution in [0.1, 0.15) is 39.5 Å². The predicted octanol–water partition coefficient (Wildman–Crippen LogP) is 1.14. The molecule has 0 aromatic rings. The predicted molar refractivity (Wildman–Crippen MR) is 66.5 cm³/mol. The molecule has 17 heavy (non-hydrogen) atoms. The summed E-state index contributed by atoms with van der Waals surface area (Å²) < 4.78 is 5.30. The van der Waals surface area contributed by atoms with Crippen molar-refractivity contribution in [2.45, 2.75) is 51.1 Å². The van der Waals surface area contributed by atoms with Gasteiger partial charge in [-0.2, -0.15) is 0 Å². The van der Waals surface area contributed by atoms with E-state index in [2.05, 4.69) is 13.8 Å². The molecule has 1 saturated heterocycles. The Bertz CT molecular complexity index is 281. The molecule has 1 aliphatic carbocycles. The molecule has 0 aromatic carbocycles. The molecule has 1 aliphatic heterocycles. The maximum absolute atomic E-state index is 12.6. The van der Waals surface area contributed by atoms with Gasteiger partial charge in [-0.1, -0.05) is 0 Å². The molecule has 0 unspecified atom stereocenters. The highest BCUT2D eigenvalue weighted by atomic mass is 16.5. The van der Waals surface area contributed by atoms with Gasteiger partial charge < -0.3 is 15.4 Å². The minimum absolute atomic E-state index is 0.128. The molecule has 98 valence electrons. The zero-order valence-corrected chi connectivity index (χ0v) is 10.9. The van der Waals surface area contributed by atoms with Gasteiger partial charge in [0.05, 0.1) is 5.54 Å². The lowest BCUT2D eigenvalue weighted by molar-refractivity contribution is -0.142. The van der Waals surface area contributed by atoms with Gasteiger partial charge in [-0.3, -0.25) is 4.79 Å². The normalized spacial score (nSPS) is 23.8. The van der Waals surface area contributed by atoms with Crippen molar-refractivity contribution < 1.29 is 9.53 Å². The number of amides is 1. The van der Waals surface area contributed by atoms with Gasteiger partial charge in [0.25, 0.3) is 0 Å². The Labute approximate surface area is 103 Å². The maximum atomic E-state index is 12.6. The topological polar surface area (TPSA) is 55.6 Å². The van der Waals surface area contributed by atoms with Crippen molar-refractivity contribution in [3.8, 4) is 0 Å². The fourth-order valence-corrected chi connectivity index (χ4v) is 2.34. The van der Waals surface area contributed by atoms with E-state index in [9.17, 15) is 4.79 Å². The number of hydrogen-bond donors (Lipinski definition) is 1. The smallest absolute Gasteiger partial charge is 0.243 e. The van der Waals surface area contributed by atoms with Crippen LogP contribution in [0.4, 0.5) is 0 Å². The summed E-state index contributed by atoms with van der Waals surface area (Å²) in [5.41, 5.74) is 5.58. The first-order valence-corrected chi connectivity index (χ1v) is 6.70. The number of carbonyl (C=O) groups is 1. The van der Waals surface area contributed by atoms with E-state index in [0.717, 1.165) is 6.54 Å². The maximum Gasteiger partial charge on any atom is 0.243 e. The molecule has 2 fully saturated rings. The van der Waals surface area contributed by atoms with Crippen LogP contribution in [0.5, 0.6) is 0 Å². The van der Waals surface area contributed by atoms with Crippen molar-refractivity contribution in [2.24, 2.45) is 11.7 Å². The van der Waals surface area contributed by atoms with Crippen LogP contribution < -0.4 is 5.73 Å². The Balaban J connectivity index is 2.02. The van der Waals surface area contributed by atoms with Crippen LogP contribution in [-0.4, -0.2) is 42.1 Å². The molecular weight excluding hydrogens is 216 g/mol. The van der Waals surface area contributed by atoms with Crippen LogP contribution in [-0.2, 0) is 9.53 Å². The standard InChI is InChI=1S/C13H24N2O2/c1-10(2)15(9-11-3-4-11)12(16)13(14)5-7-17-8-6-13/h10-11H,3-9,14H2,1-2H3. The van der Waals surface area contributed by atoms with E-state index in [1.165, 1.54) is 12.8 Å². The number of carbonyl (C=O) groups excluding carboxylic acids is 1. The third-order valence-corrected chi connectivity index (χ3v) is 3.85. The third kappa shape index (κ3) is 2.99. The minimum Gasteiger partial charge on any atom is -0.381 e. The van der Waals surface area contributed by atoms with Crippen LogP contribution in [0.15, 0.2) is 0 Å². The van der Waals surface area contributed by atoms with Gasteiger partial charge in [-0.05, 0) is 45.4 Å². The SMILES string of the molecule is CC(C)N(CC1CC1)C(=O)C1(N)CCOCC1. The molecule has 1 saturated carbocycles. The third-order valence-electron chi connectivity index (χ3n) is 3.85. The van der Waals surface area contributed by atoms with Crippen LogP contribution in [0.25, 0.3) is 0 Å². The first-order chi connectivity index (χ1) is 8.03. The quantitative estimate of drug-likeness (QED) is 0.801. The zero-order valence-electron chi connectivity index (χ0n) is 10.9. The van der Waals surface area contributed by atoms with Gasteiger partial charge >= 0.3 is 0 Å². The summed E-state index contributed by atoms with van der Waals surface area (Å²) in [4.78, 5) is 14.5. The summed E-state index contributed by atoms with van der Waals surface area (Å²) >= 11 is 0. The number of nitrogens with two attached hydrogens (primary N) is 1. The van der Waals surface area contributed by atoms with E-state index in [0.29, 0.717) is 32.0 Å². The van der Waals surface area contributed by atoms with Gasteiger partial charge in [0.15, 0.2) is 0 Å². The van der Waals surface area contributed by atoms with Gasteiger partial charge in [0.2, 0.25) is 5.91 Å². The average molecular weight is 240 g/mol. The Hall–Kier alpha value is -0.610. The zero-order chi connectivity index (χ0) is 12.5. The van der Waals surface area contributed by atoms with Crippen LogP contribution >= 0.6 is 0 Å². The first kappa shape index (κ1) is 12.8. The van der Waals surface area contributed by atoms with E-state index in [1.54, 1.807) is 0 Å². The van der Waals surface area contributed by atoms with E-state index in [-0.39, 0.29) is 11.9 Å². The molecule has 0 bridgehead atoms. The van der Waals surface area contributed by atoms with Crippen LogP contribution in [0, 0.1) is 5.92 Å². The Morgan fingerprint density at radius 3 is 2.47 bits per heavy atom. The van der Waals surface area contributed by atoms with E-state index < -0.39 is 5.54 Å². The van der Waals surface area contributed by atoms with Crippen molar-refractivity contribution in [1.29, 1.82) is 0 Å². The Kier molecular flexibility index (Phi) is 3.73. The van der Waals surface area contributed by atoms with Crippen molar-refractivity contribution in [1.82, 2.24) is 4.90 Å². The van der Waals surface area contributed by atoms with Crippen LogP contribution in [0.3, 0.4) is 0 Å². The highest BCUT2D eigenvalue weighted by molar-refractivity contribution is 5.86. The van der Waals surface area contributed by atoms with E-state index in [4.69, 9.17) is 10.5 Å². The lowest BCUT2D eigenvalue weighted by atomic mass is 9.89. The summed E-state index contributed by atoms with van der Waals surface area (Å²) in [5.74, 6) is 0.840. The van der Waals surface area contributed by atoms with E-state index in [1.807, 2.05) is 4.90 Å². The number of hydrogen-bond acceptors (Lipinski definition) is 3. The molecule has 4 nitrogen and oxygen atoms in total. The fourth-order valence-electron chi connectivity index (χ4n) is 2.34. The molecule has 4 heteroatoms. The van der Waals surface area contributed by atoms with Gasteiger partial charge in [0, 0.05) is 25.8 Å². The highest BCUT2D eigenvalue weighted by Gasteiger charge is 2.41. The molecule has 0 radical (unpaired) electrons. The summed E-state index contributed by atoms with van der Waals surface area (Å²) in [5, 5.41) is 0. The molecule has 1 heterocycles. The first-order valence-electron chi connectivity index (χ1n) is 6.70. The lowest BCUT2D eigenvalue weighted by Gasteiger charge is -2.38. The molecule has 0 atom stereocenters. The summed E-state index contributed by atoms with van der Waals surface area (Å²) in [7, 11) is 0. The van der Waals surface area contributed by atoms with Crippen molar-refractivity contribution in [3.05, 3.63) is 0 Å². The highest BCUT2D eigenvalue weighted by Crippen LogP contribution is 2.32. The summed E-state index contributed by atoms with van der Waals surface area (Å²) in [6.07, 6.45) is 3.83. The molecule has 2 N–H and O–H groups in total. The Morgan fingerprint density at radius 1 is 1.41 bits per heavy atom. The number of ether oxygens (including phenoxy) is 1. The summed E-state index contributed by atoms with van der Waals surface area (Å²) in [6, 6.07) is 0.242. The second-order valence-electron chi connectivity index (χ2n) is 5.76. The van der Waals surface area contributed by atoms with E-state index >= 15 is 0 Å². The van der Waals surface area contributed by atoms with Gasteiger partial charge in [-0.25, -0.2) is 0 Å². The van der Waals surface area contributed by atoms with Crippen molar-refractivity contribution in [2.75, 3.05) is 19.8 Å². The molecule has 2 rings (SSSR count). The second-order valence-corrected chi connectivity index (χ2v) is 5.76. The molecule has 0 spiro atoms. The van der Waals surface area contributed by atoms with Gasteiger partial charge in [-0.15, -0.1) is 0 Å². The lowest BCUT2D eigenvalue weighted by Crippen LogP contribution is -2.59. The number of rotatable bonds is 4. The van der Waals surface area contributed by atoms with Gasteiger partial charge in [0.1, 0.15) is 0 Å². The molecular formula is C13H24N2O2. The average Bonchev–Trinajstić information content (AvgIpc) is 3.09. The second kappa shape index (κ2) is 4.94. The number of nitrogens with zero attached hydrogens (tertiary/aromatic N) is 1. The van der Waals surface area contributed by atoms with Crippen molar-refractivity contribution >= 4 is 5.91 Å².